The number of nitrogens with zero attached hydrogens (tertiary/aromatic N) is 2. The summed E-state index contributed by atoms with van der Waals surface area (Å²) in [6.45, 7) is 7.80. The minimum Gasteiger partial charge on any atom is -0.379 e. The third-order valence-electron chi connectivity index (χ3n) is 4.18. The van der Waals surface area contributed by atoms with Crippen LogP contribution in [0.4, 0.5) is 0 Å². The molecule has 128 valence electrons. The van der Waals surface area contributed by atoms with E-state index in [4.69, 9.17) is 9.26 Å². The zero-order chi connectivity index (χ0) is 16.9. The molecule has 1 atom stereocenters. The quantitative estimate of drug-likeness (QED) is 0.910. The summed E-state index contributed by atoms with van der Waals surface area (Å²) >= 11 is 0. The molecule has 0 aliphatic carbocycles. The molecule has 2 aromatic rings. The molecule has 0 radical (unpaired) electrons. The molecule has 6 nitrogen and oxygen atoms in total. The Morgan fingerprint density at radius 3 is 2.58 bits per heavy atom. The van der Waals surface area contributed by atoms with Crippen molar-refractivity contribution in [2.24, 2.45) is 0 Å². The van der Waals surface area contributed by atoms with Crippen LogP contribution in [0.15, 0.2) is 34.9 Å². The fourth-order valence-electron chi connectivity index (χ4n) is 2.78. The van der Waals surface area contributed by atoms with Crippen molar-refractivity contribution in [2.45, 2.75) is 19.9 Å². The predicted molar refractivity (Wildman–Crippen MR) is 89.9 cm³/mol. The van der Waals surface area contributed by atoms with Crippen LogP contribution in [0.5, 0.6) is 0 Å². The van der Waals surface area contributed by atoms with Crippen LogP contribution in [0.1, 0.15) is 33.4 Å². The van der Waals surface area contributed by atoms with Gasteiger partial charge in [0.25, 0.3) is 5.91 Å². The first kappa shape index (κ1) is 16.7. The fourth-order valence-corrected chi connectivity index (χ4v) is 2.78. The number of hydrogen-bond donors (Lipinski definition) is 1. The van der Waals surface area contributed by atoms with Crippen LogP contribution in [0.25, 0.3) is 0 Å². The number of rotatable bonds is 5. The minimum atomic E-state index is -0.241. The van der Waals surface area contributed by atoms with Gasteiger partial charge in [0.1, 0.15) is 0 Å². The van der Waals surface area contributed by atoms with Crippen LogP contribution in [0, 0.1) is 13.8 Å². The molecule has 1 aliphatic heterocycles. The van der Waals surface area contributed by atoms with Crippen LogP contribution in [0.3, 0.4) is 0 Å². The molecular weight excluding hydrogens is 306 g/mol. The van der Waals surface area contributed by atoms with Crippen molar-refractivity contribution in [3.63, 3.8) is 0 Å². The number of aryl methyl sites for hydroxylation is 2. The van der Waals surface area contributed by atoms with E-state index in [0.717, 1.165) is 38.4 Å². The molecule has 0 bridgehead atoms. The Balaban J connectivity index is 1.75. The molecule has 6 heteroatoms. The third kappa shape index (κ3) is 4.21. The predicted octanol–water partition coefficient (Wildman–Crippen LogP) is 2.09. The van der Waals surface area contributed by atoms with E-state index in [-0.39, 0.29) is 17.7 Å². The highest BCUT2D eigenvalue weighted by Crippen LogP contribution is 2.17. The van der Waals surface area contributed by atoms with Gasteiger partial charge in [0.15, 0.2) is 0 Å². The van der Waals surface area contributed by atoms with Crippen molar-refractivity contribution in [1.29, 1.82) is 0 Å². The maximum atomic E-state index is 12.5. The lowest BCUT2D eigenvalue weighted by atomic mass is 10.0. The summed E-state index contributed by atoms with van der Waals surface area (Å²) in [6.07, 6.45) is 0. The molecule has 1 fully saturated rings. The van der Waals surface area contributed by atoms with Crippen molar-refractivity contribution in [1.82, 2.24) is 15.4 Å². The second kappa shape index (κ2) is 7.59. The zero-order valence-electron chi connectivity index (χ0n) is 14.1. The summed E-state index contributed by atoms with van der Waals surface area (Å²) in [5.41, 5.74) is 2.97. The number of aromatic nitrogens is 1. The first-order valence-electron chi connectivity index (χ1n) is 8.22. The van der Waals surface area contributed by atoms with Gasteiger partial charge in [-0.15, -0.1) is 0 Å². The highest BCUT2D eigenvalue weighted by atomic mass is 16.5. The summed E-state index contributed by atoms with van der Waals surface area (Å²) in [7, 11) is 0. The number of amides is 1. The van der Waals surface area contributed by atoms with E-state index in [1.54, 1.807) is 13.0 Å². The van der Waals surface area contributed by atoms with Crippen LogP contribution >= 0.6 is 0 Å². The standard InChI is InChI=1S/C18H23N3O3/c1-13-3-5-15(6-4-13)16(12-21-7-9-23-10-8-21)19-18(22)17-11-14(2)20-24-17/h3-6,11,16H,7-10,12H2,1-2H3,(H,19,22)/t16-/m0/s1. The van der Waals surface area contributed by atoms with Crippen molar-refractivity contribution < 1.29 is 14.1 Å². The molecule has 0 saturated carbocycles. The molecule has 0 unspecified atom stereocenters. The Labute approximate surface area is 141 Å². The Morgan fingerprint density at radius 2 is 1.96 bits per heavy atom. The number of morpholine rings is 1. The second-order valence-electron chi connectivity index (χ2n) is 6.18. The number of carbonyl (C=O) groups is 1. The molecule has 1 N–H and O–H groups in total. The zero-order valence-corrected chi connectivity index (χ0v) is 14.1. The number of ether oxygens (including phenoxy) is 1. The summed E-state index contributed by atoms with van der Waals surface area (Å²) in [4.78, 5) is 14.8. The van der Waals surface area contributed by atoms with Gasteiger partial charge >= 0.3 is 0 Å². The van der Waals surface area contributed by atoms with Gasteiger partial charge in [0.05, 0.1) is 24.9 Å². The summed E-state index contributed by atoms with van der Waals surface area (Å²) in [5, 5.41) is 6.86. The monoisotopic (exact) mass is 329 g/mol. The van der Waals surface area contributed by atoms with Gasteiger partial charge in [-0.1, -0.05) is 35.0 Å². The molecule has 2 heterocycles. The molecule has 0 spiro atoms. The molecular formula is C18H23N3O3. The van der Waals surface area contributed by atoms with Gasteiger partial charge in [-0.2, -0.15) is 0 Å². The van der Waals surface area contributed by atoms with Gasteiger partial charge in [-0.25, -0.2) is 0 Å². The second-order valence-corrected chi connectivity index (χ2v) is 6.18. The maximum absolute atomic E-state index is 12.5. The first-order valence-corrected chi connectivity index (χ1v) is 8.22. The molecule has 1 saturated heterocycles. The average Bonchev–Trinajstić information content (AvgIpc) is 3.02. The Hall–Kier alpha value is -2.18. The van der Waals surface area contributed by atoms with E-state index in [1.165, 1.54) is 5.56 Å². The number of hydrogen-bond acceptors (Lipinski definition) is 5. The highest BCUT2D eigenvalue weighted by molar-refractivity contribution is 5.91. The van der Waals surface area contributed by atoms with Crippen LogP contribution < -0.4 is 5.32 Å². The molecule has 1 aromatic carbocycles. The van der Waals surface area contributed by atoms with Crippen molar-refractivity contribution in [3.8, 4) is 0 Å². The van der Waals surface area contributed by atoms with Crippen molar-refractivity contribution in [2.75, 3.05) is 32.8 Å². The van der Waals surface area contributed by atoms with Gasteiger partial charge in [-0.05, 0) is 19.4 Å². The molecule has 3 rings (SSSR count). The Bertz CT molecular complexity index is 675. The van der Waals surface area contributed by atoms with Crippen LogP contribution in [-0.2, 0) is 4.74 Å². The summed E-state index contributed by atoms with van der Waals surface area (Å²) < 4.78 is 10.5. The SMILES string of the molecule is Cc1ccc([C@H](CN2CCOCC2)NC(=O)c2cc(C)no2)cc1. The molecule has 1 aliphatic rings. The lowest BCUT2D eigenvalue weighted by molar-refractivity contribution is 0.0331. The first-order chi connectivity index (χ1) is 11.6. The van der Waals surface area contributed by atoms with E-state index in [0.29, 0.717) is 5.69 Å². The Kier molecular flexibility index (Phi) is 5.27. The van der Waals surface area contributed by atoms with E-state index < -0.39 is 0 Å². The summed E-state index contributed by atoms with van der Waals surface area (Å²) in [5.74, 6) is 0.000948. The van der Waals surface area contributed by atoms with Gasteiger partial charge in [0, 0.05) is 25.7 Å². The smallest absolute Gasteiger partial charge is 0.290 e. The van der Waals surface area contributed by atoms with E-state index in [1.807, 2.05) is 0 Å². The van der Waals surface area contributed by atoms with E-state index in [9.17, 15) is 4.79 Å². The molecule has 1 amide bonds. The number of nitrogens with one attached hydrogen (secondary N) is 1. The fraction of sp³-hybridized carbons (Fsp3) is 0.444. The van der Waals surface area contributed by atoms with Crippen LogP contribution in [-0.4, -0.2) is 48.8 Å². The largest absolute Gasteiger partial charge is 0.379 e. The van der Waals surface area contributed by atoms with Crippen molar-refractivity contribution in [3.05, 3.63) is 52.9 Å². The molecule has 24 heavy (non-hydrogen) atoms. The number of carbonyl (C=O) groups excluding carboxylic acids is 1. The van der Waals surface area contributed by atoms with Crippen LogP contribution in [0.2, 0.25) is 0 Å². The summed E-state index contributed by atoms with van der Waals surface area (Å²) in [6, 6.07) is 9.79. The topological polar surface area (TPSA) is 67.6 Å². The van der Waals surface area contributed by atoms with E-state index >= 15 is 0 Å². The maximum Gasteiger partial charge on any atom is 0.290 e. The third-order valence-corrected chi connectivity index (χ3v) is 4.18. The van der Waals surface area contributed by atoms with E-state index in [2.05, 4.69) is 46.6 Å². The van der Waals surface area contributed by atoms with Gasteiger partial charge in [-0.3, -0.25) is 9.69 Å². The number of benzene rings is 1. The van der Waals surface area contributed by atoms with Gasteiger partial charge in [0.2, 0.25) is 5.76 Å². The van der Waals surface area contributed by atoms with Gasteiger partial charge < -0.3 is 14.6 Å². The lowest BCUT2D eigenvalue weighted by Gasteiger charge is -2.31. The lowest BCUT2D eigenvalue weighted by Crippen LogP contribution is -2.43. The Morgan fingerprint density at radius 1 is 1.25 bits per heavy atom. The van der Waals surface area contributed by atoms with Crippen molar-refractivity contribution >= 4 is 5.91 Å². The highest BCUT2D eigenvalue weighted by Gasteiger charge is 2.22. The minimum absolute atomic E-state index is 0.110. The average molecular weight is 329 g/mol. The molecule has 1 aromatic heterocycles. The normalized spacial score (nSPS) is 16.8.